The second-order valence-corrected chi connectivity index (χ2v) is 4.55. The van der Waals surface area contributed by atoms with Crippen LogP contribution in [0.15, 0.2) is 24.3 Å². The van der Waals surface area contributed by atoms with Crippen LogP contribution in [-0.4, -0.2) is 35.5 Å². The monoisotopic (exact) mass is 293 g/mol. The summed E-state index contributed by atoms with van der Waals surface area (Å²) in [5.41, 5.74) is 5.97. The number of benzene rings is 1. The summed E-state index contributed by atoms with van der Waals surface area (Å²) in [7, 11) is 0. The fraction of sp³-hybridized carbons (Fsp3) is 0.357. The molecule has 1 rings (SSSR count). The minimum atomic E-state index is -0.976. The number of carbonyl (C=O) groups excluding carboxylic acids is 2. The van der Waals surface area contributed by atoms with Crippen LogP contribution in [-0.2, 0) is 9.59 Å². The molecule has 0 aromatic heterocycles. The Balaban J connectivity index is 2.49. The zero-order valence-electron chi connectivity index (χ0n) is 11.8. The Bertz CT molecular complexity index is 513. The van der Waals surface area contributed by atoms with Crippen molar-refractivity contribution < 1.29 is 19.5 Å². The first-order chi connectivity index (χ1) is 9.93. The van der Waals surface area contributed by atoms with Crippen LogP contribution in [0.3, 0.4) is 0 Å². The number of nitrogens with two attached hydrogens (primary N) is 1. The standard InChI is InChI=1S/C14H19N3O4/c1-2-3-11(14(20)21)16-8-12(18)17-10-6-4-9(5-7-10)13(15)19/h4-7,11,16H,2-3,8H2,1H3,(H2,15,19)(H,17,18)(H,20,21). The molecule has 1 atom stereocenters. The number of carboxylic acid groups (broad SMARTS) is 1. The molecule has 0 bridgehead atoms. The lowest BCUT2D eigenvalue weighted by atomic mass is 10.1. The minimum absolute atomic E-state index is 0.103. The van der Waals surface area contributed by atoms with E-state index >= 15 is 0 Å². The van der Waals surface area contributed by atoms with Crippen molar-refractivity contribution in [1.82, 2.24) is 5.32 Å². The van der Waals surface area contributed by atoms with E-state index in [0.717, 1.165) is 0 Å². The lowest BCUT2D eigenvalue weighted by Gasteiger charge is -2.13. The summed E-state index contributed by atoms with van der Waals surface area (Å²) in [6, 6.07) is 5.38. The number of nitrogens with one attached hydrogen (secondary N) is 2. The van der Waals surface area contributed by atoms with Crippen molar-refractivity contribution in [2.45, 2.75) is 25.8 Å². The van der Waals surface area contributed by atoms with Crippen LogP contribution in [0.4, 0.5) is 5.69 Å². The van der Waals surface area contributed by atoms with Crippen LogP contribution in [0.25, 0.3) is 0 Å². The van der Waals surface area contributed by atoms with E-state index in [1.807, 2.05) is 6.92 Å². The summed E-state index contributed by atoms with van der Waals surface area (Å²) in [6.07, 6.45) is 1.16. The average molecular weight is 293 g/mol. The van der Waals surface area contributed by atoms with Crippen molar-refractivity contribution >= 4 is 23.5 Å². The van der Waals surface area contributed by atoms with Gasteiger partial charge in [0, 0.05) is 11.3 Å². The molecule has 0 aliphatic heterocycles. The van der Waals surface area contributed by atoms with Gasteiger partial charge >= 0.3 is 5.97 Å². The van der Waals surface area contributed by atoms with Crippen LogP contribution in [0.1, 0.15) is 30.1 Å². The third kappa shape index (κ3) is 5.62. The van der Waals surface area contributed by atoms with Crippen molar-refractivity contribution in [3.63, 3.8) is 0 Å². The number of primary amides is 1. The van der Waals surface area contributed by atoms with Gasteiger partial charge in [-0.2, -0.15) is 0 Å². The zero-order chi connectivity index (χ0) is 15.8. The third-order valence-corrected chi connectivity index (χ3v) is 2.84. The van der Waals surface area contributed by atoms with Gasteiger partial charge in [0.15, 0.2) is 0 Å². The van der Waals surface area contributed by atoms with Gasteiger partial charge in [0.1, 0.15) is 6.04 Å². The lowest BCUT2D eigenvalue weighted by molar-refractivity contribution is -0.139. The summed E-state index contributed by atoms with van der Waals surface area (Å²) < 4.78 is 0. The van der Waals surface area contributed by atoms with E-state index in [4.69, 9.17) is 10.8 Å². The first kappa shape index (κ1) is 16.6. The van der Waals surface area contributed by atoms with Crippen molar-refractivity contribution in [2.24, 2.45) is 5.73 Å². The third-order valence-electron chi connectivity index (χ3n) is 2.84. The lowest BCUT2D eigenvalue weighted by Crippen LogP contribution is -2.41. The predicted molar refractivity (Wildman–Crippen MR) is 77.9 cm³/mol. The van der Waals surface area contributed by atoms with E-state index < -0.39 is 17.9 Å². The Morgan fingerprint density at radius 1 is 1.24 bits per heavy atom. The summed E-state index contributed by atoms with van der Waals surface area (Å²) in [5.74, 6) is -1.88. The minimum Gasteiger partial charge on any atom is -0.480 e. The van der Waals surface area contributed by atoms with Gasteiger partial charge < -0.3 is 16.2 Å². The molecule has 21 heavy (non-hydrogen) atoms. The number of carbonyl (C=O) groups is 3. The summed E-state index contributed by atoms with van der Waals surface area (Å²) in [5, 5.41) is 14.2. The highest BCUT2D eigenvalue weighted by atomic mass is 16.4. The first-order valence-electron chi connectivity index (χ1n) is 6.60. The molecule has 0 fully saturated rings. The molecular formula is C14H19N3O4. The van der Waals surface area contributed by atoms with Gasteiger partial charge in [-0.15, -0.1) is 0 Å². The molecule has 5 N–H and O–H groups in total. The van der Waals surface area contributed by atoms with Crippen LogP contribution < -0.4 is 16.4 Å². The number of hydrogen-bond donors (Lipinski definition) is 4. The van der Waals surface area contributed by atoms with Crippen molar-refractivity contribution in [3.05, 3.63) is 29.8 Å². The Morgan fingerprint density at radius 3 is 2.33 bits per heavy atom. The van der Waals surface area contributed by atoms with E-state index in [0.29, 0.717) is 24.1 Å². The molecule has 0 aliphatic carbocycles. The molecule has 114 valence electrons. The van der Waals surface area contributed by atoms with Crippen molar-refractivity contribution in [1.29, 1.82) is 0 Å². The fourth-order valence-corrected chi connectivity index (χ4v) is 1.74. The smallest absolute Gasteiger partial charge is 0.320 e. The van der Waals surface area contributed by atoms with Crippen LogP contribution >= 0.6 is 0 Å². The summed E-state index contributed by atoms with van der Waals surface area (Å²) in [6.45, 7) is 1.77. The van der Waals surface area contributed by atoms with Gasteiger partial charge in [-0.1, -0.05) is 13.3 Å². The maximum atomic E-state index is 11.7. The summed E-state index contributed by atoms with van der Waals surface area (Å²) in [4.78, 5) is 33.5. The van der Waals surface area contributed by atoms with Gasteiger partial charge in [0.05, 0.1) is 6.54 Å². The molecule has 0 spiro atoms. The Hall–Kier alpha value is -2.41. The number of hydrogen-bond acceptors (Lipinski definition) is 4. The normalized spacial score (nSPS) is 11.7. The number of rotatable bonds is 8. The quantitative estimate of drug-likeness (QED) is 0.558. The van der Waals surface area contributed by atoms with E-state index in [-0.39, 0.29) is 12.5 Å². The number of anilines is 1. The molecule has 1 aromatic carbocycles. The van der Waals surface area contributed by atoms with Crippen molar-refractivity contribution in [3.8, 4) is 0 Å². The van der Waals surface area contributed by atoms with Crippen LogP contribution in [0.2, 0.25) is 0 Å². The molecule has 1 unspecified atom stereocenters. The SMILES string of the molecule is CCCC(NCC(=O)Nc1ccc(C(N)=O)cc1)C(=O)O. The molecular weight excluding hydrogens is 274 g/mol. The molecule has 7 nitrogen and oxygen atoms in total. The molecule has 0 radical (unpaired) electrons. The Labute approximate surface area is 122 Å². The maximum absolute atomic E-state index is 11.7. The molecule has 2 amide bonds. The number of aliphatic carboxylic acids is 1. The predicted octanol–water partition coefficient (Wildman–Crippen LogP) is 0.567. The van der Waals surface area contributed by atoms with E-state index in [1.165, 1.54) is 12.1 Å². The molecule has 0 saturated heterocycles. The average Bonchev–Trinajstić information content (AvgIpc) is 2.43. The van der Waals surface area contributed by atoms with Gasteiger partial charge in [0.2, 0.25) is 11.8 Å². The molecule has 0 saturated carbocycles. The number of amides is 2. The summed E-state index contributed by atoms with van der Waals surface area (Å²) >= 11 is 0. The Kier molecular flexibility index (Phi) is 6.35. The van der Waals surface area contributed by atoms with Crippen molar-refractivity contribution in [2.75, 3.05) is 11.9 Å². The van der Waals surface area contributed by atoms with Crippen LogP contribution in [0.5, 0.6) is 0 Å². The highest BCUT2D eigenvalue weighted by Crippen LogP contribution is 2.08. The molecule has 7 heteroatoms. The molecule has 1 aromatic rings. The molecule has 0 aliphatic rings. The first-order valence-corrected chi connectivity index (χ1v) is 6.60. The molecule has 0 heterocycles. The van der Waals surface area contributed by atoms with Gasteiger partial charge in [-0.25, -0.2) is 0 Å². The topological polar surface area (TPSA) is 122 Å². The van der Waals surface area contributed by atoms with E-state index in [9.17, 15) is 14.4 Å². The van der Waals surface area contributed by atoms with E-state index in [1.54, 1.807) is 12.1 Å². The fourth-order valence-electron chi connectivity index (χ4n) is 1.74. The van der Waals surface area contributed by atoms with Gasteiger partial charge in [-0.05, 0) is 30.7 Å². The second-order valence-electron chi connectivity index (χ2n) is 4.55. The maximum Gasteiger partial charge on any atom is 0.320 e. The highest BCUT2D eigenvalue weighted by Gasteiger charge is 2.16. The van der Waals surface area contributed by atoms with Gasteiger partial charge in [-0.3, -0.25) is 19.7 Å². The van der Waals surface area contributed by atoms with E-state index in [2.05, 4.69) is 10.6 Å². The largest absolute Gasteiger partial charge is 0.480 e. The number of carboxylic acids is 1. The van der Waals surface area contributed by atoms with Crippen LogP contribution in [0, 0.1) is 0 Å². The Morgan fingerprint density at radius 2 is 1.86 bits per heavy atom. The highest BCUT2D eigenvalue weighted by molar-refractivity contribution is 5.95. The van der Waals surface area contributed by atoms with Gasteiger partial charge in [0.25, 0.3) is 0 Å². The second kappa shape index (κ2) is 8.01. The zero-order valence-corrected chi connectivity index (χ0v) is 11.8.